The van der Waals surface area contributed by atoms with Crippen molar-refractivity contribution in [3.05, 3.63) is 123 Å². The van der Waals surface area contributed by atoms with Gasteiger partial charge in [0.1, 0.15) is 5.75 Å². The third-order valence-corrected chi connectivity index (χ3v) is 9.67. The molecule has 46 heavy (non-hydrogen) atoms. The first kappa shape index (κ1) is 31.3. The predicted octanol–water partition coefficient (Wildman–Crippen LogP) is 6.42. The first-order chi connectivity index (χ1) is 22.4. The molecular formula is C35H34N6O3S2. The van der Waals surface area contributed by atoms with Gasteiger partial charge < -0.3 is 10.1 Å². The Morgan fingerprint density at radius 2 is 1.76 bits per heavy atom. The first-order valence-electron chi connectivity index (χ1n) is 15.0. The van der Waals surface area contributed by atoms with E-state index in [1.54, 1.807) is 28.5 Å². The average Bonchev–Trinajstić information content (AvgIpc) is 3.84. The lowest BCUT2D eigenvalue weighted by Gasteiger charge is -2.22. The van der Waals surface area contributed by atoms with Crippen molar-refractivity contribution in [1.82, 2.24) is 25.1 Å². The zero-order chi connectivity index (χ0) is 32.0. The molecule has 0 saturated carbocycles. The number of carbonyl (C=O) groups excluding carboxylic acids is 2. The molecule has 0 bridgehead atoms. The highest BCUT2D eigenvalue weighted by Crippen LogP contribution is 2.35. The molecule has 1 atom stereocenters. The van der Waals surface area contributed by atoms with Crippen LogP contribution in [0.2, 0.25) is 0 Å². The van der Waals surface area contributed by atoms with Gasteiger partial charge in [0, 0.05) is 6.42 Å². The Kier molecular flexibility index (Phi) is 9.60. The number of carbonyl (C=O) groups is 2. The number of hydrazone groups is 1. The van der Waals surface area contributed by atoms with Crippen LogP contribution >= 0.6 is 23.1 Å². The van der Waals surface area contributed by atoms with Crippen molar-refractivity contribution in [3.63, 3.8) is 0 Å². The maximum Gasteiger partial charge on any atom is 0.258 e. The summed E-state index contributed by atoms with van der Waals surface area (Å²) in [5, 5.41) is 20.8. The number of nitrogens with one attached hydrogen (secondary N) is 1. The van der Waals surface area contributed by atoms with Gasteiger partial charge in [0.15, 0.2) is 17.6 Å². The van der Waals surface area contributed by atoms with Crippen LogP contribution in [0, 0.1) is 20.8 Å². The highest BCUT2D eigenvalue weighted by atomic mass is 32.2. The maximum atomic E-state index is 13.8. The molecule has 0 fully saturated rings. The van der Waals surface area contributed by atoms with E-state index >= 15 is 0 Å². The number of aromatic nitrogens is 3. The third kappa shape index (κ3) is 7.05. The Hall–Kier alpha value is -4.74. The number of rotatable bonds is 11. The third-order valence-electron chi connectivity index (χ3n) is 7.83. The minimum absolute atomic E-state index is 0.115. The Morgan fingerprint density at radius 3 is 2.52 bits per heavy atom. The second-order valence-electron chi connectivity index (χ2n) is 11.0. The SMILES string of the molecule is Cc1ccc([C@@H]2CC(c3cccs3)=NN2C(=O)CSc2nnc(CNC(=O)COc3ccccc3)n2-c2cccc(C)c2C)cc1. The van der Waals surface area contributed by atoms with E-state index in [1.807, 2.05) is 72.3 Å². The molecule has 11 heteroatoms. The molecule has 234 valence electrons. The van der Waals surface area contributed by atoms with Crippen molar-refractivity contribution >= 4 is 40.6 Å². The monoisotopic (exact) mass is 650 g/mol. The number of hydrogen-bond acceptors (Lipinski definition) is 8. The molecule has 9 nitrogen and oxygen atoms in total. The summed E-state index contributed by atoms with van der Waals surface area (Å²) in [6, 6.07) is 27.3. The predicted molar refractivity (Wildman–Crippen MR) is 182 cm³/mol. The van der Waals surface area contributed by atoms with Gasteiger partial charge in [-0.05, 0) is 67.1 Å². The van der Waals surface area contributed by atoms with Gasteiger partial charge >= 0.3 is 0 Å². The summed E-state index contributed by atoms with van der Waals surface area (Å²) in [5.74, 6) is 0.886. The van der Waals surface area contributed by atoms with Crippen molar-refractivity contribution in [2.45, 2.75) is 44.9 Å². The number of thioether (sulfide) groups is 1. The Balaban J connectivity index is 1.21. The second kappa shape index (κ2) is 14.1. The summed E-state index contributed by atoms with van der Waals surface area (Å²) in [6.07, 6.45) is 0.649. The average molecular weight is 651 g/mol. The zero-order valence-electron chi connectivity index (χ0n) is 25.8. The number of ether oxygens (including phenoxy) is 1. The number of hydrogen-bond donors (Lipinski definition) is 1. The second-order valence-corrected chi connectivity index (χ2v) is 12.9. The summed E-state index contributed by atoms with van der Waals surface area (Å²) in [5.41, 5.74) is 6.17. The molecule has 3 aromatic carbocycles. The lowest BCUT2D eigenvalue weighted by Crippen LogP contribution is -2.29. The standard InChI is InChI=1S/C35H34N6O3S2/c1-23-14-16-26(17-15-23)30-19-28(31-13-8-18-45-31)39-41(30)34(43)22-46-35-38-37-32(40(35)29-12-7-9-24(2)25(29)3)20-36-33(42)21-44-27-10-5-4-6-11-27/h4-18,30H,19-22H2,1-3H3,(H,36,42)/t30-/m0/s1. The first-order valence-corrected chi connectivity index (χ1v) is 16.8. The smallest absolute Gasteiger partial charge is 0.258 e. The summed E-state index contributed by atoms with van der Waals surface area (Å²) in [7, 11) is 0. The lowest BCUT2D eigenvalue weighted by molar-refractivity contribution is -0.130. The van der Waals surface area contributed by atoms with Crippen LogP contribution in [0.25, 0.3) is 5.69 Å². The zero-order valence-corrected chi connectivity index (χ0v) is 27.5. The van der Waals surface area contributed by atoms with Crippen LogP contribution in [-0.4, -0.2) is 49.7 Å². The topological polar surface area (TPSA) is 102 Å². The fourth-order valence-corrected chi connectivity index (χ4v) is 6.73. The van der Waals surface area contributed by atoms with Gasteiger partial charge in [-0.25, -0.2) is 5.01 Å². The molecule has 0 aliphatic carbocycles. The van der Waals surface area contributed by atoms with Crippen molar-refractivity contribution in [2.24, 2.45) is 5.10 Å². The molecule has 3 heterocycles. The van der Waals surface area contributed by atoms with E-state index in [1.165, 1.54) is 11.8 Å². The van der Waals surface area contributed by atoms with Gasteiger partial charge in [0.2, 0.25) is 0 Å². The summed E-state index contributed by atoms with van der Waals surface area (Å²) in [6.45, 7) is 6.16. The van der Waals surface area contributed by atoms with Crippen molar-refractivity contribution in [2.75, 3.05) is 12.4 Å². The molecule has 1 aliphatic rings. The van der Waals surface area contributed by atoms with Gasteiger partial charge in [-0.15, -0.1) is 21.5 Å². The Labute approximate surface area is 276 Å². The molecule has 0 spiro atoms. The molecule has 0 saturated heterocycles. The molecule has 0 radical (unpaired) electrons. The molecule has 6 rings (SSSR count). The van der Waals surface area contributed by atoms with Crippen LogP contribution in [-0.2, 0) is 16.1 Å². The van der Waals surface area contributed by atoms with Gasteiger partial charge in [-0.2, -0.15) is 5.10 Å². The van der Waals surface area contributed by atoms with E-state index in [4.69, 9.17) is 9.84 Å². The summed E-state index contributed by atoms with van der Waals surface area (Å²) in [4.78, 5) is 27.5. The molecule has 0 unspecified atom stereocenters. The largest absolute Gasteiger partial charge is 0.484 e. The molecule has 1 aliphatic heterocycles. The van der Waals surface area contributed by atoms with Crippen molar-refractivity contribution < 1.29 is 14.3 Å². The Bertz CT molecular complexity index is 1850. The van der Waals surface area contributed by atoms with Gasteiger partial charge in [-0.1, -0.05) is 78.0 Å². The molecular weight excluding hydrogens is 617 g/mol. The molecule has 2 aromatic heterocycles. The van der Waals surface area contributed by atoms with Gasteiger partial charge in [0.25, 0.3) is 11.8 Å². The fraction of sp³-hybridized carbons (Fsp3) is 0.229. The van der Waals surface area contributed by atoms with E-state index in [0.717, 1.165) is 38.5 Å². The normalized spacial score (nSPS) is 14.3. The van der Waals surface area contributed by atoms with Crippen molar-refractivity contribution in [3.8, 4) is 11.4 Å². The van der Waals surface area contributed by atoms with E-state index in [2.05, 4.69) is 46.7 Å². The highest BCUT2D eigenvalue weighted by Gasteiger charge is 2.33. The number of amides is 2. The molecule has 2 amide bonds. The van der Waals surface area contributed by atoms with Crippen LogP contribution < -0.4 is 10.1 Å². The van der Waals surface area contributed by atoms with Crippen molar-refractivity contribution in [1.29, 1.82) is 0 Å². The van der Waals surface area contributed by atoms with Gasteiger partial charge in [-0.3, -0.25) is 14.2 Å². The van der Waals surface area contributed by atoms with Gasteiger partial charge in [0.05, 0.1) is 34.6 Å². The van der Waals surface area contributed by atoms with Crippen LogP contribution in [0.1, 0.15) is 45.4 Å². The quantitative estimate of drug-likeness (QED) is 0.166. The summed E-state index contributed by atoms with van der Waals surface area (Å²) < 4.78 is 7.51. The Morgan fingerprint density at radius 1 is 0.957 bits per heavy atom. The van der Waals surface area contributed by atoms with Crippen LogP contribution in [0.15, 0.2) is 101 Å². The van der Waals surface area contributed by atoms with Crippen LogP contribution in [0.4, 0.5) is 0 Å². The molecule has 1 N–H and O–H groups in total. The maximum absolute atomic E-state index is 13.8. The lowest BCUT2D eigenvalue weighted by atomic mass is 10.00. The number of para-hydroxylation sites is 1. The van der Waals surface area contributed by atoms with E-state index < -0.39 is 0 Å². The van der Waals surface area contributed by atoms with Crippen LogP contribution in [0.5, 0.6) is 5.75 Å². The van der Waals surface area contributed by atoms with E-state index in [0.29, 0.717) is 23.2 Å². The number of nitrogens with zero attached hydrogens (tertiary/aromatic N) is 5. The number of benzene rings is 3. The summed E-state index contributed by atoms with van der Waals surface area (Å²) >= 11 is 2.93. The van der Waals surface area contributed by atoms with E-state index in [9.17, 15) is 9.59 Å². The number of aryl methyl sites for hydroxylation is 2. The fourth-order valence-electron chi connectivity index (χ4n) is 5.19. The minimum atomic E-state index is -0.278. The molecule has 5 aromatic rings. The number of thiophene rings is 1. The van der Waals surface area contributed by atoms with Crippen LogP contribution in [0.3, 0.4) is 0 Å². The van der Waals surface area contributed by atoms with E-state index in [-0.39, 0.29) is 36.8 Å². The highest BCUT2D eigenvalue weighted by molar-refractivity contribution is 7.99. The minimum Gasteiger partial charge on any atom is -0.484 e.